The number of carbonyl (C=O) groups is 1. The molecule has 3 aliphatic heterocycles. The van der Waals surface area contributed by atoms with Gasteiger partial charge >= 0.3 is 0 Å². The van der Waals surface area contributed by atoms with Gasteiger partial charge in [0.25, 0.3) is 0 Å². The first-order valence-corrected chi connectivity index (χ1v) is 11.3. The van der Waals surface area contributed by atoms with Gasteiger partial charge in [-0.2, -0.15) is 0 Å². The van der Waals surface area contributed by atoms with Crippen molar-refractivity contribution in [2.75, 3.05) is 71.9 Å². The SMILES string of the molecule is CNCCCN1CCN(C)C(c2ccc3c(c2)N(C2CCN(C)C2)C(=O)CC3)C1. The Morgan fingerprint density at radius 1 is 1.10 bits per heavy atom. The first kappa shape index (κ1) is 20.8. The van der Waals surface area contributed by atoms with Crippen LogP contribution >= 0.6 is 0 Å². The lowest BCUT2D eigenvalue weighted by Crippen LogP contribution is -2.47. The summed E-state index contributed by atoms with van der Waals surface area (Å²) >= 11 is 0. The zero-order valence-electron chi connectivity index (χ0n) is 18.4. The number of hydrogen-bond acceptors (Lipinski definition) is 5. The summed E-state index contributed by atoms with van der Waals surface area (Å²) in [7, 11) is 6.42. The number of fused-ring (bicyclic) bond motifs is 1. The molecule has 1 aromatic rings. The van der Waals surface area contributed by atoms with Gasteiger partial charge in [-0.15, -0.1) is 0 Å². The molecule has 2 saturated heterocycles. The van der Waals surface area contributed by atoms with Crippen LogP contribution in [-0.2, 0) is 11.2 Å². The Morgan fingerprint density at radius 2 is 1.97 bits per heavy atom. The molecular formula is C23H37N5O. The maximum absolute atomic E-state index is 12.9. The van der Waals surface area contributed by atoms with E-state index in [1.807, 2.05) is 7.05 Å². The van der Waals surface area contributed by atoms with E-state index < -0.39 is 0 Å². The van der Waals surface area contributed by atoms with Crippen molar-refractivity contribution in [1.29, 1.82) is 0 Å². The van der Waals surface area contributed by atoms with Crippen molar-refractivity contribution in [3.05, 3.63) is 29.3 Å². The van der Waals surface area contributed by atoms with E-state index in [1.165, 1.54) is 23.2 Å². The second-order valence-corrected chi connectivity index (χ2v) is 9.11. The van der Waals surface area contributed by atoms with E-state index in [0.717, 1.165) is 58.7 Å². The molecule has 1 amide bonds. The molecular weight excluding hydrogens is 362 g/mol. The molecule has 0 bridgehead atoms. The predicted molar refractivity (Wildman–Crippen MR) is 119 cm³/mol. The monoisotopic (exact) mass is 399 g/mol. The molecule has 4 rings (SSSR count). The molecule has 0 saturated carbocycles. The number of anilines is 1. The fourth-order valence-electron chi connectivity index (χ4n) is 5.22. The van der Waals surface area contributed by atoms with Crippen molar-refractivity contribution in [3.63, 3.8) is 0 Å². The van der Waals surface area contributed by atoms with E-state index in [1.54, 1.807) is 0 Å². The first-order valence-electron chi connectivity index (χ1n) is 11.3. The summed E-state index contributed by atoms with van der Waals surface area (Å²) in [6.07, 6.45) is 3.79. The lowest BCUT2D eigenvalue weighted by atomic mass is 9.94. The van der Waals surface area contributed by atoms with Crippen molar-refractivity contribution in [2.24, 2.45) is 0 Å². The van der Waals surface area contributed by atoms with Crippen LogP contribution in [0.1, 0.15) is 36.4 Å². The normalized spacial score (nSPS) is 26.9. The molecule has 3 aliphatic rings. The van der Waals surface area contributed by atoms with Crippen LogP contribution in [0.2, 0.25) is 0 Å². The summed E-state index contributed by atoms with van der Waals surface area (Å²) in [5.41, 5.74) is 3.88. The van der Waals surface area contributed by atoms with Crippen LogP contribution in [0.25, 0.3) is 0 Å². The Bertz CT molecular complexity index is 723. The zero-order chi connectivity index (χ0) is 20.4. The number of likely N-dealkylation sites (tertiary alicyclic amines) is 1. The highest BCUT2D eigenvalue weighted by Crippen LogP contribution is 2.35. The van der Waals surface area contributed by atoms with Crippen molar-refractivity contribution < 1.29 is 4.79 Å². The quantitative estimate of drug-likeness (QED) is 0.736. The standard InChI is InChI=1S/C23H37N5O/c1-24-10-4-11-27-14-13-26(3)22(17-27)19-6-5-18-7-8-23(29)28(21(18)15-19)20-9-12-25(2)16-20/h5-6,15,20,22,24H,4,7-14,16-17H2,1-3H3. The molecule has 1 aromatic carbocycles. The lowest BCUT2D eigenvalue weighted by molar-refractivity contribution is -0.119. The van der Waals surface area contributed by atoms with E-state index in [4.69, 9.17) is 0 Å². The van der Waals surface area contributed by atoms with Gasteiger partial charge in [-0.3, -0.25) is 9.69 Å². The summed E-state index contributed by atoms with van der Waals surface area (Å²) in [6, 6.07) is 7.66. The smallest absolute Gasteiger partial charge is 0.227 e. The number of rotatable bonds is 6. The molecule has 160 valence electrons. The van der Waals surface area contributed by atoms with E-state index in [2.05, 4.69) is 57.2 Å². The van der Waals surface area contributed by atoms with Crippen LogP contribution in [-0.4, -0.2) is 93.6 Å². The molecule has 2 atom stereocenters. The van der Waals surface area contributed by atoms with Crippen LogP contribution in [0.15, 0.2) is 18.2 Å². The van der Waals surface area contributed by atoms with Crippen molar-refractivity contribution in [2.45, 2.75) is 37.8 Å². The fourth-order valence-corrected chi connectivity index (χ4v) is 5.22. The number of piperazine rings is 1. The van der Waals surface area contributed by atoms with Crippen molar-refractivity contribution in [3.8, 4) is 0 Å². The third kappa shape index (κ3) is 4.50. The average Bonchev–Trinajstić information content (AvgIpc) is 3.14. The predicted octanol–water partition coefficient (Wildman–Crippen LogP) is 1.57. The second-order valence-electron chi connectivity index (χ2n) is 9.11. The largest absolute Gasteiger partial charge is 0.320 e. The van der Waals surface area contributed by atoms with Gasteiger partial charge in [0, 0.05) is 44.3 Å². The summed E-state index contributed by atoms with van der Waals surface area (Å²) in [5.74, 6) is 0.306. The number of nitrogens with zero attached hydrogens (tertiary/aromatic N) is 4. The summed E-state index contributed by atoms with van der Waals surface area (Å²) in [5, 5.41) is 3.25. The van der Waals surface area contributed by atoms with Gasteiger partial charge < -0.3 is 20.0 Å². The number of carbonyl (C=O) groups excluding carboxylic acids is 1. The number of amides is 1. The number of benzene rings is 1. The number of likely N-dealkylation sites (N-methyl/N-ethyl adjacent to an activating group) is 2. The highest BCUT2D eigenvalue weighted by atomic mass is 16.2. The Kier molecular flexibility index (Phi) is 6.54. The molecule has 0 radical (unpaired) electrons. The van der Waals surface area contributed by atoms with Crippen LogP contribution in [0.3, 0.4) is 0 Å². The molecule has 6 nitrogen and oxygen atoms in total. The van der Waals surface area contributed by atoms with E-state index in [-0.39, 0.29) is 0 Å². The first-order chi connectivity index (χ1) is 14.1. The molecule has 2 unspecified atom stereocenters. The van der Waals surface area contributed by atoms with Gasteiger partial charge in [0.1, 0.15) is 0 Å². The van der Waals surface area contributed by atoms with Crippen molar-refractivity contribution in [1.82, 2.24) is 20.0 Å². The average molecular weight is 400 g/mol. The van der Waals surface area contributed by atoms with Gasteiger partial charge in [-0.1, -0.05) is 12.1 Å². The maximum atomic E-state index is 12.9. The van der Waals surface area contributed by atoms with E-state index >= 15 is 0 Å². The van der Waals surface area contributed by atoms with Gasteiger partial charge in [-0.25, -0.2) is 0 Å². The van der Waals surface area contributed by atoms with Gasteiger partial charge in [0.2, 0.25) is 5.91 Å². The lowest BCUT2D eigenvalue weighted by Gasteiger charge is -2.41. The molecule has 0 spiro atoms. The molecule has 0 aliphatic carbocycles. The number of aryl methyl sites for hydroxylation is 1. The highest BCUT2D eigenvalue weighted by Gasteiger charge is 2.35. The molecule has 6 heteroatoms. The zero-order valence-corrected chi connectivity index (χ0v) is 18.4. The highest BCUT2D eigenvalue weighted by molar-refractivity contribution is 5.97. The Hall–Kier alpha value is -1.47. The van der Waals surface area contributed by atoms with Gasteiger partial charge in [0.05, 0.1) is 6.04 Å². The minimum Gasteiger partial charge on any atom is -0.320 e. The Balaban J connectivity index is 1.56. The Labute approximate surface area is 175 Å². The molecule has 29 heavy (non-hydrogen) atoms. The minimum atomic E-state index is 0.306. The molecule has 2 fully saturated rings. The van der Waals surface area contributed by atoms with Crippen molar-refractivity contribution >= 4 is 11.6 Å². The molecule has 3 heterocycles. The van der Waals surface area contributed by atoms with Gasteiger partial charge in [-0.05, 0) is 77.2 Å². The summed E-state index contributed by atoms with van der Waals surface area (Å²) in [4.78, 5) is 22.4. The fraction of sp³-hybridized carbons (Fsp3) is 0.696. The van der Waals surface area contributed by atoms with E-state index in [9.17, 15) is 4.79 Å². The number of hydrogen-bond donors (Lipinski definition) is 1. The third-order valence-electron chi connectivity index (χ3n) is 7.00. The van der Waals surface area contributed by atoms with Crippen LogP contribution in [0.5, 0.6) is 0 Å². The topological polar surface area (TPSA) is 42.1 Å². The Morgan fingerprint density at radius 3 is 2.72 bits per heavy atom. The van der Waals surface area contributed by atoms with E-state index in [0.29, 0.717) is 24.4 Å². The number of nitrogens with one attached hydrogen (secondary N) is 1. The van der Waals surface area contributed by atoms with Crippen LogP contribution in [0.4, 0.5) is 5.69 Å². The molecule has 1 N–H and O–H groups in total. The maximum Gasteiger partial charge on any atom is 0.227 e. The van der Waals surface area contributed by atoms with Gasteiger partial charge in [0.15, 0.2) is 0 Å². The van der Waals surface area contributed by atoms with Crippen LogP contribution < -0.4 is 10.2 Å². The minimum absolute atomic E-state index is 0.306. The summed E-state index contributed by atoms with van der Waals surface area (Å²) in [6.45, 7) is 7.59. The summed E-state index contributed by atoms with van der Waals surface area (Å²) < 4.78 is 0. The van der Waals surface area contributed by atoms with Crippen LogP contribution in [0, 0.1) is 0 Å². The third-order valence-corrected chi connectivity index (χ3v) is 7.00. The molecule has 0 aromatic heterocycles. The second kappa shape index (κ2) is 9.13.